The highest BCUT2D eigenvalue weighted by molar-refractivity contribution is 6.14. The van der Waals surface area contributed by atoms with Gasteiger partial charge in [0.05, 0.1) is 22.1 Å². The summed E-state index contributed by atoms with van der Waals surface area (Å²) in [5, 5.41) is 2.37. The molecular weight excluding hydrogens is 793 g/mol. The number of ether oxygens (including phenoxy) is 1. The van der Waals surface area contributed by atoms with Crippen LogP contribution in [-0.4, -0.2) is 26.5 Å². The van der Waals surface area contributed by atoms with Crippen LogP contribution in [0.25, 0.3) is 27.6 Å². The van der Waals surface area contributed by atoms with E-state index in [9.17, 15) is 0 Å². The van der Waals surface area contributed by atoms with Crippen molar-refractivity contribution in [2.45, 2.75) is 118 Å². The van der Waals surface area contributed by atoms with Crippen LogP contribution in [0.15, 0.2) is 151 Å². The Kier molecular flexibility index (Phi) is 10.7. The van der Waals surface area contributed by atoms with Crippen LogP contribution in [0.3, 0.4) is 0 Å². The lowest BCUT2D eigenvalue weighted by Crippen LogP contribution is -2.60. The van der Waals surface area contributed by atoms with E-state index in [1.807, 2.05) is 6.20 Å². The topological polar surface area (TPSA) is 42.6 Å². The molecule has 6 aromatic carbocycles. The zero-order valence-electron chi connectivity index (χ0n) is 40.6. The van der Waals surface area contributed by atoms with Gasteiger partial charge in [-0.15, -0.1) is 0 Å². The Morgan fingerprint density at radius 3 is 1.77 bits per heavy atom. The summed E-state index contributed by atoms with van der Waals surface area (Å²) in [6.07, 6.45) is 1.94. The Morgan fingerprint density at radius 2 is 1.15 bits per heavy atom. The third-order valence-electron chi connectivity index (χ3n) is 14.0. The molecule has 0 radical (unpaired) electrons. The molecule has 5 heteroatoms. The molecule has 8 aromatic rings. The highest BCUT2D eigenvalue weighted by atomic mass is 16.5. The van der Waals surface area contributed by atoms with Crippen molar-refractivity contribution in [1.29, 1.82) is 0 Å². The highest BCUT2D eigenvalue weighted by Gasteiger charge is 2.58. The Balaban J connectivity index is 1.20. The molecule has 0 fully saturated rings. The van der Waals surface area contributed by atoms with Crippen molar-refractivity contribution in [1.82, 2.24) is 9.55 Å². The molecule has 5 nitrogen and oxygen atoms in total. The zero-order chi connectivity index (χ0) is 46.2. The number of hydrogen-bond acceptors (Lipinski definition) is 4. The number of aryl methyl sites for hydroxylation is 4. The van der Waals surface area contributed by atoms with Crippen molar-refractivity contribution in [3.8, 4) is 17.3 Å². The molecule has 0 amide bonds. The first kappa shape index (κ1) is 43.8. The number of benzene rings is 6. The summed E-state index contributed by atoms with van der Waals surface area (Å²) < 4.78 is 9.30. The Morgan fingerprint density at radius 1 is 0.554 bits per heavy atom. The van der Waals surface area contributed by atoms with Gasteiger partial charge in [0, 0.05) is 40.2 Å². The standard InChI is InChI=1S/C60H64N4O/c1-38-30-40(3)55(41(4)31-38)64-56(62-59(11,12)60(64,13)54(42-20-16-14-17-21-42)43-22-18-15-19-23-43)44-32-39(2)33-48(34-44)65-47-25-26-49-50-35-45(57(5,6)7)24-27-51(50)63(52(49)37-47)53-36-46(28-29-61-53)58(8,9)10/h14-37,54H,1-13H3/t60-/m0/s1. The van der Waals surface area contributed by atoms with E-state index in [0.29, 0.717) is 0 Å². The van der Waals surface area contributed by atoms with Crippen LogP contribution in [0.1, 0.15) is 118 Å². The minimum absolute atomic E-state index is 0.00560. The summed E-state index contributed by atoms with van der Waals surface area (Å²) in [6.45, 7) is 29.4. The molecule has 1 aliphatic rings. The third-order valence-corrected chi connectivity index (χ3v) is 14.0. The van der Waals surface area contributed by atoms with E-state index >= 15 is 0 Å². The van der Waals surface area contributed by atoms with Gasteiger partial charge in [-0.25, -0.2) is 4.98 Å². The number of hydrogen-bond donors (Lipinski definition) is 0. The fraction of sp³-hybridized carbons (Fsp3) is 0.300. The molecule has 0 unspecified atom stereocenters. The van der Waals surface area contributed by atoms with Crippen molar-refractivity contribution >= 4 is 33.3 Å². The first-order chi connectivity index (χ1) is 30.7. The van der Waals surface area contributed by atoms with E-state index in [2.05, 4.69) is 239 Å². The van der Waals surface area contributed by atoms with E-state index in [1.165, 1.54) is 55.4 Å². The molecule has 1 aliphatic heterocycles. The molecule has 65 heavy (non-hydrogen) atoms. The van der Waals surface area contributed by atoms with E-state index < -0.39 is 11.1 Å². The Bertz CT molecular complexity index is 3060. The maximum Gasteiger partial charge on any atom is 0.137 e. The van der Waals surface area contributed by atoms with E-state index in [1.54, 1.807) is 0 Å². The second kappa shape index (κ2) is 15.9. The van der Waals surface area contributed by atoms with Crippen LogP contribution in [-0.2, 0) is 10.8 Å². The molecule has 0 bridgehead atoms. The zero-order valence-corrected chi connectivity index (χ0v) is 40.6. The summed E-state index contributed by atoms with van der Waals surface area (Å²) in [7, 11) is 0. The van der Waals surface area contributed by atoms with E-state index in [-0.39, 0.29) is 16.7 Å². The summed E-state index contributed by atoms with van der Waals surface area (Å²) in [4.78, 5) is 13.4. The van der Waals surface area contributed by atoms with Gasteiger partial charge in [-0.05, 0) is 153 Å². The van der Waals surface area contributed by atoms with Gasteiger partial charge in [0.15, 0.2) is 0 Å². The van der Waals surface area contributed by atoms with Gasteiger partial charge in [0.25, 0.3) is 0 Å². The lowest BCUT2D eigenvalue weighted by Gasteiger charge is -2.50. The average molecular weight is 857 g/mol. The molecule has 0 saturated heterocycles. The summed E-state index contributed by atoms with van der Waals surface area (Å²) >= 11 is 0. The highest BCUT2D eigenvalue weighted by Crippen LogP contribution is 2.54. The third kappa shape index (κ3) is 7.73. The van der Waals surface area contributed by atoms with E-state index in [4.69, 9.17) is 14.7 Å². The fourth-order valence-electron chi connectivity index (χ4n) is 10.5. The fourth-order valence-corrected chi connectivity index (χ4v) is 10.5. The lowest BCUT2D eigenvalue weighted by atomic mass is 9.66. The molecule has 330 valence electrons. The number of anilines is 1. The van der Waals surface area contributed by atoms with Gasteiger partial charge in [-0.1, -0.05) is 126 Å². The maximum absolute atomic E-state index is 7.00. The molecule has 3 heterocycles. The second-order valence-electron chi connectivity index (χ2n) is 21.3. The monoisotopic (exact) mass is 857 g/mol. The predicted molar refractivity (Wildman–Crippen MR) is 274 cm³/mol. The Labute approximate surface area is 386 Å². The molecule has 2 aromatic heterocycles. The van der Waals surface area contributed by atoms with Gasteiger partial charge in [0.2, 0.25) is 0 Å². The normalized spacial score (nSPS) is 16.5. The van der Waals surface area contributed by atoms with Gasteiger partial charge in [0.1, 0.15) is 23.2 Å². The lowest BCUT2D eigenvalue weighted by molar-refractivity contribution is 0.279. The van der Waals surface area contributed by atoms with Crippen LogP contribution in [0.2, 0.25) is 0 Å². The number of aliphatic imine (C=N–C) groups is 1. The molecule has 9 rings (SSSR count). The average Bonchev–Trinajstić information content (AvgIpc) is 3.67. The number of amidine groups is 1. The van der Waals surface area contributed by atoms with Crippen LogP contribution in [0.4, 0.5) is 5.69 Å². The van der Waals surface area contributed by atoms with Crippen LogP contribution in [0.5, 0.6) is 11.5 Å². The number of pyridine rings is 1. The van der Waals surface area contributed by atoms with Gasteiger partial charge < -0.3 is 9.64 Å². The summed E-state index contributed by atoms with van der Waals surface area (Å²) in [5.41, 5.74) is 13.1. The van der Waals surface area contributed by atoms with Crippen molar-refractivity contribution in [2.24, 2.45) is 4.99 Å². The first-order valence-corrected chi connectivity index (χ1v) is 23.2. The molecule has 1 atom stereocenters. The number of aromatic nitrogens is 2. The van der Waals surface area contributed by atoms with E-state index in [0.717, 1.165) is 45.3 Å². The van der Waals surface area contributed by atoms with Crippen molar-refractivity contribution < 1.29 is 4.74 Å². The minimum Gasteiger partial charge on any atom is -0.457 e. The van der Waals surface area contributed by atoms with Gasteiger partial charge in [-0.3, -0.25) is 9.56 Å². The van der Waals surface area contributed by atoms with Crippen molar-refractivity contribution in [3.05, 3.63) is 196 Å². The maximum atomic E-state index is 7.00. The number of nitrogens with zero attached hydrogens (tertiary/aromatic N) is 4. The van der Waals surface area contributed by atoms with Gasteiger partial charge >= 0.3 is 0 Å². The van der Waals surface area contributed by atoms with Crippen LogP contribution < -0.4 is 9.64 Å². The quantitative estimate of drug-likeness (QED) is 0.153. The molecule has 0 aliphatic carbocycles. The van der Waals surface area contributed by atoms with Crippen LogP contribution >= 0.6 is 0 Å². The number of fused-ring (bicyclic) bond motifs is 3. The second-order valence-corrected chi connectivity index (χ2v) is 21.3. The molecule has 0 N–H and O–H groups in total. The Hall–Kier alpha value is -6.46. The van der Waals surface area contributed by atoms with Crippen molar-refractivity contribution in [3.63, 3.8) is 0 Å². The summed E-state index contributed by atoms with van der Waals surface area (Å²) in [5.74, 6) is 3.34. The molecule has 0 spiro atoms. The smallest absolute Gasteiger partial charge is 0.137 e. The minimum atomic E-state index is -0.537. The SMILES string of the molecule is Cc1cc(Oc2ccc3c4cc(C(C)(C)C)ccc4n(-c4cc(C(C)(C)C)ccn4)c3c2)cc(C2=NC(C)(C)[C@](C)(C(c3ccccc3)c3ccccc3)N2c2c(C)cc(C)cc2C)c1. The van der Waals surface area contributed by atoms with Crippen LogP contribution in [0, 0.1) is 27.7 Å². The van der Waals surface area contributed by atoms with Gasteiger partial charge in [-0.2, -0.15) is 0 Å². The molecular formula is C60H64N4O. The number of rotatable bonds is 8. The molecule has 0 saturated carbocycles. The van der Waals surface area contributed by atoms with Crippen molar-refractivity contribution in [2.75, 3.05) is 4.90 Å². The summed E-state index contributed by atoms with van der Waals surface area (Å²) in [6, 6.07) is 50.9. The predicted octanol–water partition coefficient (Wildman–Crippen LogP) is 15.4. The first-order valence-electron chi connectivity index (χ1n) is 23.2. The largest absolute Gasteiger partial charge is 0.457 e.